The molecule has 2 rings (SSSR count). The fourth-order valence-electron chi connectivity index (χ4n) is 2.53. The van der Waals surface area contributed by atoms with Crippen molar-refractivity contribution >= 4 is 0 Å². The van der Waals surface area contributed by atoms with E-state index in [9.17, 15) is 0 Å². The van der Waals surface area contributed by atoms with E-state index in [4.69, 9.17) is 0 Å². The van der Waals surface area contributed by atoms with Gasteiger partial charge in [0.15, 0.2) is 0 Å². The Bertz CT molecular complexity index is 307. The predicted octanol–water partition coefficient (Wildman–Crippen LogP) is 1.70. The van der Waals surface area contributed by atoms with Crippen molar-refractivity contribution in [3.8, 4) is 0 Å². The van der Waals surface area contributed by atoms with Crippen LogP contribution in [0.15, 0.2) is 24.5 Å². The quantitative estimate of drug-likeness (QED) is 0.810. The second-order valence-electron chi connectivity index (χ2n) is 4.79. The van der Waals surface area contributed by atoms with Gasteiger partial charge in [0.25, 0.3) is 0 Å². The van der Waals surface area contributed by atoms with Crippen molar-refractivity contribution in [2.45, 2.75) is 32.2 Å². The van der Waals surface area contributed by atoms with Gasteiger partial charge in [0, 0.05) is 31.5 Å². The minimum absolute atomic E-state index is 0.742. The van der Waals surface area contributed by atoms with Crippen molar-refractivity contribution in [2.24, 2.45) is 0 Å². The average molecular weight is 233 g/mol. The summed E-state index contributed by atoms with van der Waals surface area (Å²) in [5, 5.41) is 3.46. The van der Waals surface area contributed by atoms with Gasteiger partial charge in [-0.1, -0.05) is 13.0 Å². The smallest absolute Gasteiger partial charge is 0.0300 e. The van der Waals surface area contributed by atoms with Gasteiger partial charge in [-0.2, -0.15) is 0 Å². The SMILES string of the molecule is CCCN(CCc1cccnc1)C1CCNC1. The lowest BCUT2D eigenvalue weighted by Crippen LogP contribution is -2.38. The Kier molecular flexibility index (Phi) is 4.95. The van der Waals surface area contributed by atoms with Crippen molar-refractivity contribution in [2.75, 3.05) is 26.2 Å². The summed E-state index contributed by atoms with van der Waals surface area (Å²) in [6, 6.07) is 4.94. The molecule has 94 valence electrons. The summed E-state index contributed by atoms with van der Waals surface area (Å²) in [7, 11) is 0. The molecule has 1 aliphatic heterocycles. The second kappa shape index (κ2) is 6.72. The highest BCUT2D eigenvalue weighted by Crippen LogP contribution is 2.10. The van der Waals surface area contributed by atoms with E-state index >= 15 is 0 Å². The first-order chi connectivity index (χ1) is 8.40. The van der Waals surface area contributed by atoms with Gasteiger partial charge in [0.05, 0.1) is 0 Å². The van der Waals surface area contributed by atoms with Gasteiger partial charge in [-0.25, -0.2) is 0 Å². The van der Waals surface area contributed by atoms with Crippen molar-refractivity contribution in [1.82, 2.24) is 15.2 Å². The third-order valence-corrected chi connectivity index (χ3v) is 3.47. The molecule has 1 unspecified atom stereocenters. The van der Waals surface area contributed by atoms with Crippen LogP contribution in [0.3, 0.4) is 0 Å². The van der Waals surface area contributed by atoms with E-state index < -0.39 is 0 Å². The lowest BCUT2D eigenvalue weighted by atomic mass is 10.1. The highest BCUT2D eigenvalue weighted by atomic mass is 15.2. The van der Waals surface area contributed by atoms with Gasteiger partial charge >= 0.3 is 0 Å². The van der Waals surface area contributed by atoms with Crippen LogP contribution in [-0.4, -0.2) is 42.1 Å². The minimum Gasteiger partial charge on any atom is -0.315 e. The van der Waals surface area contributed by atoms with Crippen LogP contribution in [0.1, 0.15) is 25.3 Å². The summed E-state index contributed by atoms with van der Waals surface area (Å²) < 4.78 is 0. The average Bonchev–Trinajstić information content (AvgIpc) is 2.89. The van der Waals surface area contributed by atoms with Gasteiger partial charge < -0.3 is 5.32 Å². The standard InChI is InChI=1S/C14H23N3/c1-2-9-17(14-5-8-16-12-14)10-6-13-4-3-7-15-11-13/h3-4,7,11,14,16H,2,5-6,8-10,12H2,1H3. The molecule has 3 nitrogen and oxygen atoms in total. The number of nitrogens with one attached hydrogen (secondary N) is 1. The molecule has 0 radical (unpaired) electrons. The Morgan fingerprint density at radius 3 is 3.06 bits per heavy atom. The molecule has 1 saturated heterocycles. The normalized spacial score (nSPS) is 20.0. The van der Waals surface area contributed by atoms with Crippen molar-refractivity contribution in [1.29, 1.82) is 0 Å². The lowest BCUT2D eigenvalue weighted by molar-refractivity contribution is 0.211. The molecule has 0 amide bonds. The molecule has 1 fully saturated rings. The van der Waals surface area contributed by atoms with E-state index in [2.05, 4.69) is 28.2 Å². The molecule has 0 saturated carbocycles. The number of hydrogen-bond acceptors (Lipinski definition) is 3. The zero-order valence-corrected chi connectivity index (χ0v) is 10.7. The van der Waals surface area contributed by atoms with E-state index in [1.807, 2.05) is 18.5 Å². The number of aromatic nitrogens is 1. The molecule has 3 heteroatoms. The fourth-order valence-corrected chi connectivity index (χ4v) is 2.53. The number of hydrogen-bond donors (Lipinski definition) is 1. The summed E-state index contributed by atoms with van der Waals surface area (Å²) in [4.78, 5) is 6.81. The molecule has 0 bridgehead atoms. The van der Waals surface area contributed by atoms with E-state index in [-0.39, 0.29) is 0 Å². The van der Waals surface area contributed by atoms with Gasteiger partial charge in [0.1, 0.15) is 0 Å². The summed E-state index contributed by atoms with van der Waals surface area (Å²) in [5.74, 6) is 0. The Labute approximate surface area is 104 Å². The second-order valence-corrected chi connectivity index (χ2v) is 4.79. The van der Waals surface area contributed by atoms with Crippen LogP contribution in [0.5, 0.6) is 0 Å². The van der Waals surface area contributed by atoms with Crippen LogP contribution in [0.25, 0.3) is 0 Å². The van der Waals surface area contributed by atoms with Crippen LogP contribution in [-0.2, 0) is 6.42 Å². The van der Waals surface area contributed by atoms with Crippen LogP contribution >= 0.6 is 0 Å². The molecule has 1 atom stereocenters. The molecular formula is C14H23N3. The first-order valence-corrected chi connectivity index (χ1v) is 6.74. The maximum atomic E-state index is 4.18. The first kappa shape index (κ1) is 12.5. The van der Waals surface area contributed by atoms with Crippen molar-refractivity contribution in [3.63, 3.8) is 0 Å². The zero-order valence-electron chi connectivity index (χ0n) is 10.7. The summed E-state index contributed by atoms with van der Waals surface area (Å²) in [5.41, 5.74) is 1.35. The van der Waals surface area contributed by atoms with E-state index in [0.717, 1.165) is 25.6 Å². The van der Waals surface area contributed by atoms with Crippen LogP contribution in [0.2, 0.25) is 0 Å². The monoisotopic (exact) mass is 233 g/mol. The molecule has 0 aromatic carbocycles. The van der Waals surface area contributed by atoms with Crippen LogP contribution in [0, 0.1) is 0 Å². The lowest BCUT2D eigenvalue weighted by Gasteiger charge is -2.27. The summed E-state index contributed by atoms with van der Waals surface area (Å²) in [6.07, 6.45) is 7.48. The van der Waals surface area contributed by atoms with Crippen molar-refractivity contribution in [3.05, 3.63) is 30.1 Å². The highest BCUT2D eigenvalue weighted by molar-refractivity contribution is 5.08. The molecule has 0 spiro atoms. The zero-order chi connectivity index (χ0) is 11.9. The molecule has 1 aromatic heterocycles. The number of nitrogens with zero attached hydrogens (tertiary/aromatic N) is 2. The molecular weight excluding hydrogens is 210 g/mol. The van der Waals surface area contributed by atoms with E-state index in [1.165, 1.54) is 31.5 Å². The third kappa shape index (κ3) is 3.79. The van der Waals surface area contributed by atoms with E-state index in [1.54, 1.807) is 0 Å². The van der Waals surface area contributed by atoms with Crippen molar-refractivity contribution < 1.29 is 0 Å². The van der Waals surface area contributed by atoms with Gasteiger partial charge in [-0.05, 0) is 44.0 Å². The van der Waals surface area contributed by atoms with E-state index in [0.29, 0.717) is 0 Å². The molecule has 1 aliphatic rings. The first-order valence-electron chi connectivity index (χ1n) is 6.74. The third-order valence-electron chi connectivity index (χ3n) is 3.47. The number of pyridine rings is 1. The maximum Gasteiger partial charge on any atom is 0.0300 e. The number of rotatable bonds is 6. The Balaban J connectivity index is 1.84. The largest absolute Gasteiger partial charge is 0.315 e. The topological polar surface area (TPSA) is 28.2 Å². The van der Waals surface area contributed by atoms with Crippen LogP contribution in [0.4, 0.5) is 0 Å². The molecule has 1 aromatic rings. The Morgan fingerprint density at radius 1 is 1.47 bits per heavy atom. The van der Waals surface area contributed by atoms with Crippen LogP contribution < -0.4 is 5.32 Å². The highest BCUT2D eigenvalue weighted by Gasteiger charge is 2.20. The summed E-state index contributed by atoms with van der Waals surface area (Å²) in [6.45, 7) is 6.97. The van der Waals surface area contributed by atoms with Gasteiger partial charge in [0.2, 0.25) is 0 Å². The fraction of sp³-hybridized carbons (Fsp3) is 0.643. The van der Waals surface area contributed by atoms with Gasteiger partial charge in [-0.3, -0.25) is 9.88 Å². The molecule has 1 N–H and O–H groups in total. The Morgan fingerprint density at radius 2 is 2.41 bits per heavy atom. The predicted molar refractivity (Wildman–Crippen MR) is 71.1 cm³/mol. The minimum atomic E-state index is 0.742. The summed E-state index contributed by atoms with van der Waals surface area (Å²) >= 11 is 0. The molecule has 17 heavy (non-hydrogen) atoms. The van der Waals surface area contributed by atoms with Gasteiger partial charge in [-0.15, -0.1) is 0 Å². The molecule has 0 aliphatic carbocycles. The molecule has 2 heterocycles. The maximum absolute atomic E-state index is 4.18. The Hall–Kier alpha value is -0.930.